The van der Waals surface area contributed by atoms with Gasteiger partial charge in [-0.05, 0) is 13.0 Å². The number of nitrogens with zero attached hydrogens (tertiary/aromatic N) is 1. The molecule has 1 aromatic rings. The van der Waals surface area contributed by atoms with Crippen LogP contribution < -0.4 is 10.9 Å². The lowest BCUT2D eigenvalue weighted by Gasteiger charge is -2.31. The van der Waals surface area contributed by atoms with Crippen LogP contribution in [0.2, 0.25) is 0 Å². The molecule has 2 N–H and O–H groups in total. The predicted octanol–water partition coefficient (Wildman–Crippen LogP) is -0.191. The molecule has 86 valence electrons. The van der Waals surface area contributed by atoms with Crippen molar-refractivity contribution in [3.63, 3.8) is 0 Å². The van der Waals surface area contributed by atoms with E-state index in [2.05, 4.69) is 10.3 Å². The Morgan fingerprint density at radius 2 is 2.31 bits per heavy atom. The molecule has 1 aromatic heterocycles. The lowest BCUT2D eigenvalue weighted by molar-refractivity contribution is 0.0708. The van der Waals surface area contributed by atoms with Crippen LogP contribution in [0.25, 0.3) is 0 Å². The first-order chi connectivity index (χ1) is 7.66. The summed E-state index contributed by atoms with van der Waals surface area (Å²) >= 11 is 0. The second-order valence-electron chi connectivity index (χ2n) is 4.05. The number of nitrogens with one attached hydrogen (secondary N) is 2. The molecule has 0 unspecified atom stereocenters. The minimum atomic E-state index is -0.190. The molecular formula is C11H15N3O2. The van der Waals surface area contributed by atoms with Crippen molar-refractivity contribution in [3.05, 3.63) is 34.2 Å². The monoisotopic (exact) mass is 221 g/mol. The highest BCUT2D eigenvalue weighted by Gasteiger charge is 2.21. The Morgan fingerprint density at radius 1 is 1.50 bits per heavy atom. The zero-order chi connectivity index (χ0) is 11.5. The average Bonchev–Trinajstić information content (AvgIpc) is 2.29. The maximum Gasteiger partial charge on any atom is 0.255 e. The van der Waals surface area contributed by atoms with Gasteiger partial charge in [-0.25, -0.2) is 0 Å². The summed E-state index contributed by atoms with van der Waals surface area (Å²) in [6, 6.07) is 3.26. The summed E-state index contributed by atoms with van der Waals surface area (Å²) in [5, 5.41) is 3.28. The summed E-state index contributed by atoms with van der Waals surface area (Å²) < 4.78 is 0. The Hall–Kier alpha value is -1.62. The topological polar surface area (TPSA) is 65.2 Å². The van der Waals surface area contributed by atoms with Crippen LogP contribution in [-0.4, -0.2) is 41.5 Å². The SMILES string of the molecule is C[C@H]1CN(C(=O)c2ccc(=O)[nH]c2)CCN1. The lowest BCUT2D eigenvalue weighted by atomic mass is 10.2. The number of H-pyrrole nitrogens is 1. The van der Waals surface area contributed by atoms with Gasteiger partial charge < -0.3 is 15.2 Å². The van der Waals surface area contributed by atoms with Crippen molar-refractivity contribution in [2.75, 3.05) is 19.6 Å². The van der Waals surface area contributed by atoms with E-state index in [-0.39, 0.29) is 11.5 Å². The molecule has 1 atom stereocenters. The normalized spacial score (nSPS) is 20.8. The fraction of sp³-hybridized carbons (Fsp3) is 0.455. The lowest BCUT2D eigenvalue weighted by Crippen LogP contribution is -2.51. The zero-order valence-electron chi connectivity index (χ0n) is 9.19. The molecule has 1 fully saturated rings. The van der Waals surface area contributed by atoms with E-state index in [1.54, 1.807) is 11.0 Å². The average molecular weight is 221 g/mol. The smallest absolute Gasteiger partial charge is 0.255 e. The minimum Gasteiger partial charge on any atom is -0.336 e. The highest BCUT2D eigenvalue weighted by atomic mass is 16.2. The summed E-state index contributed by atoms with van der Waals surface area (Å²) in [5.41, 5.74) is 0.346. The summed E-state index contributed by atoms with van der Waals surface area (Å²) in [6.07, 6.45) is 1.47. The third-order valence-corrected chi connectivity index (χ3v) is 2.69. The second kappa shape index (κ2) is 4.49. The van der Waals surface area contributed by atoms with Crippen LogP contribution in [0, 0.1) is 0 Å². The summed E-state index contributed by atoms with van der Waals surface area (Å²) in [6.45, 7) is 4.28. The fourth-order valence-corrected chi connectivity index (χ4v) is 1.84. The standard InChI is InChI=1S/C11H15N3O2/c1-8-7-14(5-4-12-8)11(16)9-2-3-10(15)13-6-9/h2-3,6,8,12H,4-5,7H2,1H3,(H,13,15)/t8-/m0/s1. The Morgan fingerprint density at radius 3 is 2.94 bits per heavy atom. The van der Waals surface area contributed by atoms with Crippen LogP contribution in [0.4, 0.5) is 0 Å². The third-order valence-electron chi connectivity index (χ3n) is 2.69. The van der Waals surface area contributed by atoms with Gasteiger partial charge in [-0.2, -0.15) is 0 Å². The molecule has 0 radical (unpaired) electrons. The van der Waals surface area contributed by atoms with Gasteiger partial charge in [0.15, 0.2) is 0 Å². The first-order valence-electron chi connectivity index (χ1n) is 5.38. The van der Waals surface area contributed by atoms with Crippen LogP contribution in [0.1, 0.15) is 17.3 Å². The maximum atomic E-state index is 12.0. The molecule has 1 amide bonds. The van der Waals surface area contributed by atoms with Gasteiger partial charge in [0, 0.05) is 37.9 Å². The number of carbonyl (C=O) groups excluding carboxylic acids is 1. The van der Waals surface area contributed by atoms with E-state index >= 15 is 0 Å². The number of hydrogen-bond acceptors (Lipinski definition) is 3. The molecule has 0 spiro atoms. The molecule has 5 heteroatoms. The number of piperazine rings is 1. The number of aromatic amines is 1. The van der Waals surface area contributed by atoms with Gasteiger partial charge in [0.1, 0.15) is 0 Å². The van der Waals surface area contributed by atoms with Crippen molar-refractivity contribution >= 4 is 5.91 Å². The zero-order valence-corrected chi connectivity index (χ0v) is 9.19. The molecule has 0 aromatic carbocycles. The van der Waals surface area contributed by atoms with E-state index in [0.29, 0.717) is 24.7 Å². The first kappa shape index (κ1) is 10.9. The number of rotatable bonds is 1. The maximum absolute atomic E-state index is 12.0. The first-order valence-corrected chi connectivity index (χ1v) is 5.38. The Bertz CT molecular complexity index is 421. The highest BCUT2D eigenvalue weighted by molar-refractivity contribution is 5.93. The molecule has 1 saturated heterocycles. The van der Waals surface area contributed by atoms with E-state index in [9.17, 15) is 9.59 Å². The van der Waals surface area contributed by atoms with E-state index in [1.807, 2.05) is 6.92 Å². The van der Waals surface area contributed by atoms with Gasteiger partial charge in [0.25, 0.3) is 5.91 Å². The molecule has 2 heterocycles. The van der Waals surface area contributed by atoms with Crippen LogP contribution in [0.15, 0.2) is 23.1 Å². The van der Waals surface area contributed by atoms with Gasteiger partial charge in [-0.3, -0.25) is 9.59 Å². The fourth-order valence-electron chi connectivity index (χ4n) is 1.84. The van der Waals surface area contributed by atoms with Crippen molar-refractivity contribution in [1.82, 2.24) is 15.2 Å². The summed E-state index contributed by atoms with van der Waals surface area (Å²) in [7, 11) is 0. The molecule has 0 bridgehead atoms. The molecule has 1 aliphatic rings. The molecular weight excluding hydrogens is 206 g/mol. The van der Waals surface area contributed by atoms with Crippen molar-refractivity contribution in [1.29, 1.82) is 0 Å². The summed E-state index contributed by atoms with van der Waals surface area (Å²) in [4.78, 5) is 27.2. The Labute approximate surface area is 93.5 Å². The van der Waals surface area contributed by atoms with Gasteiger partial charge in [-0.15, -0.1) is 0 Å². The molecule has 16 heavy (non-hydrogen) atoms. The van der Waals surface area contributed by atoms with Gasteiger partial charge in [-0.1, -0.05) is 0 Å². The quantitative estimate of drug-likeness (QED) is 0.690. The van der Waals surface area contributed by atoms with Crippen molar-refractivity contribution in [2.45, 2.75) is 13.0 Å². The molecule has 1 aliphatic heterocycles. The van der Waals surface area contributed by atoms with E-state index in [0.717, 1.165) is 6.54 Å². The van der Waals surface area contributed by atoms with Crippen LogP contribution in [0.3, 0.4) is 0 Å². The van der Waals surface area contributed by atoms with Crippen LogP contribution >= 0.6 is 0 Å². The van der Waals surface area contributed by atoms with E-state index in [1.165, 1.54) is 12.3 Å². The molecule has 0 aliphatic carbocycles. The largest absolute Gasteiger partial charge is 0.336 e. The van der Waals surface area contributed by atoms with Crippen molar-refractivity contribution in [2.24, 2.45) is 0 Å². The predicted molar refractivity (Wildman–Crippen MR) is 60.4 cm³/mol. The Balaban J connectivity index is 2.12. The number of carbonyl (C=O) groups is 1. The molecule has 5 nitrogen and oxygen atoms in total. The second-order valence-corrected chi connectivity index (χ2v) is 4.05. The van der Waals surface area contributed by atoms with Crippen LogP contribution in [-0.2, 0) is 0 Å². The molecule has 0 saturated carbocycles. The highest BCUT2D eigenvalue weighted by Crippen LogP contribution is 2.05. The molecule has 2 rings (SSSR count). The van der Waals surface area contributed by atoms with Crippen molar-refractivity contribution < 1.29 is 4.79 Å². The van der Waals surface area contributed by atoms with E-state index < -0.39 is 0 Å². The van der Waals surface area contributed by atoms with Gasteiger partial charge in [0.05, 0.1) is 5.56 Å². The van der Waals surface area contributed by atoms with Crippen LogP contribution in [0.5, 0.6) is 0 Å². The minimum absolute atomic E-state index is 0.0235. The Kier molecular flexibility index (Phi) is 3.05. The van der Waals surface area contributed by atoms with Gasteiger partial charge in [0.2, 0.25) is 5.56 Å². The number of pyridine rings is 1. The number of hydrogen-bond donors (Lipinski definition) is 2. The van der Waals surface area contributed by atoms with Crippen molar-refractivity contribution in [3.8, 4) is 0 Å². The summed E-state index contributed by atoms with van der Waals surface area (Å²) in [5.74, 6) is -0.0235. The number of aromatic nitrogens is 1. The van der Waals surface area contributed by atoms with Gasteiger partial charge >= 0.3 is 0 Å². The number of amides is 1. The third kappa shape index (κ3) is 2.30. The van der Waals surface area contributed by atoms with E-state index in [4.69, 9.17) is 0 Å².